The van der Waals surface area contributed by atoms with Gasteiger partial charge in [-0.1, -0.05) is 50.2 Å². The topological polar surface area (TPSA) is 0 Å². The summed E-state index contributed by atoms with van der Waals surface area (Å²) >= 11 is 0. The quantitative estimate of drug-likeness (QED) is 0.569. The molecule has 0 fully saturated rings. The standard InChI is InChI=1S/C12H12.C2H6/c1-9-5-3-8-12-10(2)6-4-7-11(9)12;1-2/h3-8H,1-2H3;1-2H3. The number of aryl methyl sites for hydroxylation is 2. The Kier molecular flexibility index (Phi) is 3.70. The zero-order valence-electron chi connectivity index (χ0n) is 9.46. The van der Waals surface area contributed by atoms with Gasteiger partial charge in [0, 0.05) is 0 Å². The molecule has 0 spiro atoms. The fourth-order valence-corrected chi connectivity index (χ4v) is 1.62. The molecule has 2 aromatic rings. The molecule has 2 aromatic carbocycles. The molecular weight excluding hydrogens is 168 g/mol. The first-order valence-corrected chi connectivity index (χ1v) is 5.24. The minimum Gasteiger partial charge on any atom is -0.0683 e. The van der Waals surface area contributed by atoms with Crippen molar-refractivity contribution < 1.29 is 0 Å². The zero-order chi connectivity index (χ0) is 10.6. The van der Waals surface area contributed by atoms with Crippen molar-refractivity contribution in [3.8, 4) is 0 Å². The minimum atomic E-state index is 1.36. The maximum Gasteiger partial charge on any atom is -0.0152 e. The smallest absolute Gasteiger partial charge is 0.0152 e. The number of hydrogen-bond acceptors (Lipinski definition) is 0. The van der Waals surface area contributed by atoms with E-state index in [4.69, 9.17) is 0 Å². The van der Waals surface area contributed by atoms with E-state index in [1.54, 1.807) is 0 Å². The Hall–Kier alpha value is -1.30. The van der Waals surface area contributed by atoms with Crippen molar-refractivity contribution in [3.63, 3.8) is 0 Å². The maximum absolute atomic E-state index is 2.18. The predicted molar refractivity (Wildman–Crippen MR) is 64.8 cm³/mol. The molecule has 2 rings (SSSR count). The number of rotatable bonds is 0. The summed E-state index contributed by atoms with van der Waals surface area (Å²) in [6.07, 6.45) is 0. The molecule has 0 radical (unpaired) electrons. The van der Waals surface area contributed by atoms with Crippen LogP contribution in [0.4, 0.5) is 0 Å². The average Bonchev–Trinajstić information content (AvgIpc) is 2.23. The van der Waals surface area contributed by atoms with Crippen molar-refractivity contribution in [1.29, 1.82) is 0 Å². The Bertz CT molecular complexity index is 372. The lowest BCUT2D eigenvalue weighted by molar-refractivity contribution is 1.48. The average molecular weight is 186 g/mol. The van der Waals surface area contributed by atoms with Gasteiger partial charge in [-0.2, -0.15) is 0 Å². The normalized spacial score (nSPS) is 9.43. The Morgan fingerprint density at radius 3 is 1.36 bits per heavy atom. The van der Waals surface area contributed by atoms with E-state index < -0.39 is 0 Å². The molecule has 0 heteroatoms. The van der Waals surface area contributed by atoms with Gasteiger partial charge in [0.2, 0.25) is 0 Å². The molecule has 0 aromatic heterocycles. The molecular formula is C14H18. The summed E-state index contributed by atoms with van der Waals surface area (Å²) in [5, 5.41) is 2.75. The van der Waals surface area contributed by atoms with E-state index in [0.717, 1.165) is 0 Å². The highest BCUT2D eigenvalue weighted by atomic mass is 14.0. The zero-order valence-corrected chi connectivity index (χ0v) is 9.46. The van der Waals surface area contributed by atoms with Crippen molar-refractivity contribution in [1.82, 2.24) is 0 Å². The van der Waals surface area contributed by atoms with E-state index in [1.165, 1.54) is 21.9 Å². The van der Waals surface area contributed by atoms with Gasteiger partial charge in [-0.25, -0.2) is 0 Å². The lowest BCUT2D eigenvalue weighted by Crippen LogP contribution is -1.80. The summed E-state index contributed by atoms with van der Waals surface area (Å²) in [7, 11) is 0. The van der Waals surface area contributed by atoms with Gasteiger partial charge in [0.05, 0.1) is 0 Å². The third-order valence-electron chi connectivity index (χ3n) is 2.36. The molecule has 0 aliphatic rings. The summed E-state index contributed by atoms with van der Waals surface area (Å²) in [6.45, 7) is 8.31. The second kappa shape index (κ2) is 4.80. The number of hydrogen-bond donors (Lipinski definition) is 0. The van der Waals surface area contributed by atoms with Crippen LogP contribution in [0.3, 0.4) is 0 Å². The van der Waals surface area contributed by atoms with Crippen LogP contribution in [0, 0.1) is 13.8 Å². The van der Waals surface area contributed by atoms with Crippen LogP contribution in [0.1, 0.15) is 25.0 Å². The van der Waals surface area contributed by atoms with Gasteiger partial charge in [-0.3, -0.25) is 0 Å². The van der Waals surface area contributed by atoms with Crippen LogP contribution in [0.25, 0.3) is 10.8 Å². The van der Waals surface area contributed by atoms with Crippen molar-refractivity contribution in [2.24, 2.45) is 0 Å². The largest absolute Gasteiger partial charge is 0.0683 e. The van der Waals surface area contributed by atoms with E-state index in [2.05, 4.69) is 50.2 Å². The fraction of sp³-hybridized carbons (Fsp3) is 0.286. The molecule has 0 aliphatic carbocycles. The van der Waals surface area contributed by atoms with Gasteiger partial charge < -0.3 is 0 Å². The Balaban J connectivity index is 0.000000461. The highest BCUT2D eigenvalue weighted by molar-refractivity contribution is 5.88. The first-order chi connectivity index (χ1) is 6.79. The SMILES string of the molecule is CC.Cc1cccc2c(C)cccc12. The van der Waals surface area contributed by atoms with Crippen molar-refractivity contribution in [2.75, 3.05) is 0 Å². The lowest BCUT2D eigenvalue weighted by atomic mass is 10.0. The third-order valence-corrected chi connectivity index (χ3v) is 2.36. The van der Waals surface area contributed by atoms with Crippen LogP contribution in [0.5, 0.6) is 0 Å². The molecule has 0 atom stereocenters. The van der Waals surface area contributed by atoms with E-state index in [0.29, 0.717) is 0 Å². The van der Waals surface area contributed by atoms with Gasteiger partial charge in [0.25, 0.3) is 0 Å². The molecule has 0 bridgehead atoms. The van der Waals surface area contributed by atoms with E-state index in [1.807, 2.05) is 13.8 Å². The molecule has 0 saturated carbocycles. The lowest BCUT2D eigenvalue weighted by Gasteiger charge is -2.03. The predicted octanol–water partition coefficient (Wildman–Crippen LogP) is 4.48. The molecule has 14 heavy (non-hydrogen) atoms. The Morgan fingerprint density at radius 2 is 1.00 bits per heavy atom. The second-order valence-corrected chi connectivity index (χ2v) is 3.24. The first-order valence-electron chi connectivity index (χ1n) is 5.24. The van der Waals surface area contributed by atoms with Crippen molar-refractivity contribution >= 4 is 10.8 Å². The Morgan fingerprint density at radius 1 is 0.643 bits per heavy atom. The molecule has 0 amide bonds. The molecule has 74 valence electrons. The summed E-state index contributed by atoms with van der Waals surface area (Å²) < 4.78 is 0. The van der Waals surface area contributed by atoms with Crippen molar-refractivity contribution in [3.05, 3.63) is 47.5 Å². The third kappa shape index (κ3) is 1.95. The van der Waals surface area contributed by atoms with Crippen LogP contribution in [0.15, 0.2) is 36.4 Å². The van der Waals surface area contributed by atoms with Gasteiger partial charge in [0.15, 0.2) is 0 Å². The fourth-order valence-electron chi connectivity index (χ4n) is 1.62. The monoisotopic (exact) mass is 186 g/mol. The molecule has 0 nitrogen and oxygen atoms in total. The van der Waals surface area contributed by atoms with Crippen LogP contribution < -0.4 is 0 Å². The van der Waals surface area contributed by atoms with Gasteiger partial charge in [-0.05, 0) is 35.7 Å². The summed E-state index contributed by atoms with van der Waals surface area (Å²) in [4.78, 5) is 0. The molecule has 0 heterocycles. The van der Waals surface area contributed by atoms with Gasteiger partial charge in [0.1, 0.15) is 0 Å². The number of benzene rings is 2. The van der Waals surface area contributed by atoms with Crippen LogP contribution in [-0.2, 0) is 0 Å². The first kappa shape index (κ1) is 10.8. The summed E-state index contributed by atoms with van der Waals surface area (Å²) in [5.41, 5.74) is 2.72. The Labute approximate surface area is 86.6 Å². The highest BCUT2D eigenvalue weighted by Crippen LogP contribution is 2.20. The van der Waals surface area contributed by atoms with Crippen LogP contribution >= 0.6 is 0 Å². The van der Waals surface area contributed by atoms with Gasteiger partial charge >= 0.3 is 0 Å². The second-order valence-electron chi connectivity index (χ2n) is 3.24. The van der Waals surface area contributed by atoms with E-state index in [9.17, 15) is 0 Å². The number of fused-ring (bicyclic) bond motifs is 1. The summed E-state index contributed by atoms with van der Waals surface area (Å²) in [5.74, 6) is 0. The van der Waals surface area contributed by atoms with Crippen molar-refractivity contribution in [2.45, 2.75) is 27.7 Å². The summed E-state index contributed by atoms with van der Waals surface area (Å²) in [6, 6.07) is 12.9. The minimum absolute atomic E-state index is 1.36. The molecule has 0 aliphatic heterocycles. The highest BCUT2D eigenvalue weighted by Gasteiger charge is 1.96. The van der Waals surface area contributed by atoms with E-state index >= 15 is 0 Å². The maximum atomic E-state index is 2.18. The van der Waals surface area contributed by atoms with Crippen LogP contribution in [-0.4, -0.2) is 0 Å². The molecule has 0 unspecified atom stereocenters. The van der Waals surface area contributed by atoms with Crippen LogP contribution in [0.2, 0.25) is 0 Å². The molecule has 0 N–H and O–H groups in total. The van der Waals surface area contributed by atoms with E-state index in [-0.39, 0.29) is 0 Å². The molecule has 0 saturated heterocycles. The van der Waals surface area contributed by atoms with Gasteiger partial charge in [-0.15, -0.1) is 0 Å².